The van der Waals surface area contributed by atoms with E-state index in [4.69, 9.17) is 90.6 Å². The number of thioether (sulfide) groups is 1. The van der Waals surface area contributed by atoms with E-state index in [2.05, 4.69) is 93.7 Å². The second kappa shape index (κ2) is 35.0. The van der Waals surface area contributed by atoms with Gasteiger partial charge in [-0.2, -0.15) is 0 Å². The van der Waals surface area contributed by atoms with Crippen molar-refractivity contribution in [2.75, 3.05) is 12.8 Å². The van der Waals surface area contributed by atoms with Crippen LogP contribution in [0.25, 0.3) is 43.6 Å². The van der Waals surface area contributed by atoms with Crippen molar-refractivity contribution in [3.05, 3.63) is 160 Å². The van der Waals surface area contributed by atoms with E-state index in [-0.39, 0.29) is 61.1 Å². The van der Waals surface area contributed by atoms with E-state index in [0.29, 0.717) is 64.5 Å². The minimum Gasteiger partial charge on any atom is -0.481 e. The molecular formula is C57H65Cl6I2N11O11S3. The number of nitrogens with two attached hydrogens (primary N) is 2. The summed E-state index contributed by atoms with van der Waals surface area (Å²) in [6, 6.07) is 15.7. The number of sulfone groups is 2. The lowest BCUT2D eigenvalue weighted by Crippen LogP contribution is -2.28. The van der Waals surface area contributed by atoms with Crippen LogP contribution in [0.4, 0.5) is 5.69 Å². The molecule has 9 aromatic rings. The number of aliphatic carboxylic acids is 1. The summed E-state index contributed by atoms with van der Waals surface area (Å²) < 4.78 is 54.0. The summed E-state index contributed by atoms with van der Waals surface area (Å²) >= 11 is 41.6. The Kier molecular flexibility index (Phi) is 32.1. The Morgan fingerprint density at radius 1 is 0.589 bits per heavy atom. The van der Waals surface area contributed by atoms with Crippen molar-refractivity contribution in [2.24, 2.45) is 5.73 Å². The lowest BCUT2D eigenvalue weighted by Gasteiger charge is -2.20. The average molecular weight is 1640 g/mol. The number of halogens is 8. The van der Waals surface area contributed by atoms with Crippen LogP contribution in [0.3, 0.4) is 0 Å². The molecule has 488 valence electrons. The van der Waals surface area contributed by atoms with Crippen molar-refractivity contribution in [2.45, 2.75) is 113 Å². The maximum Gasteiger partial charge on any atom is 0.339 e. The number of hydrogen-bond acceptors (Lipinski definition) is 18. The molecule has 4 heterocycles. The molecule has 0 spiro atoms. The van der Waals surface area contributed by atoms with Crippen LogP contribution in [0.2, 0.25) is 30.3 Å². The Hall–Kier alpha value is -5.48. The summed E-state index contributed by atoms with van der Waals surface area (Å²) in [4.78, 5) is 83.1. The lowest BCUT2D eigenvalue weighted by atomic mass is 10.2. The maximum absolute atomic E-state index is 12.5. The molecule has 9 rings (SSSR count). The van der Waals surface area contributed by atoms with Gasteiger partial charge in [0.25, 0.3) is 22.6 Å². The smallest absolute Gasteiger partial charge is 0.339 e. The minimum atomic E-state index is -3.63. The van der Waals surface area contributed by atoms with Crippen LogP contribution in [-0.4, -0.2) is 101 Å². The summed E-state index contributed by atoms with van der Waals surface area (Å²) in [6.45, 7) is 17.0. The molecule has 33 heteroatoms. The van der Waals surface area contributed by atoms with Crippen molar-refractivity contribution in [3.63, 3.8) is 0 Å². The number of nitrogens with zero attached hydrogens (tertiary/aromatic N) is 5. The highest BCUT2D eigenvalue weighted by Crippen LogP contribution is 2.39. The summed E-state index contributed by atoms with van der Waals surface area (Å²) in [6.07, 6.45) is 6.06. The predicted octanol–water partition coefficient (Wildman–Crippen LogP) is 14.5. The van der Waals surface area contributed by atoms with E-state index in [0.717, 1.165) is 25.3 Å². The number of methoxy groups -OCH3 is 1. The second-order valence-corrected chi connectivity index (χ2v) is 32.4. The number of esters is 1. The third kappa shape index (κ3) is 22.7. The highest BCUT2D eigenvalue weighted by molar-refractivity contribution is 14.1. The largest absolute Gasteiger partial charge is 0.481 e. The Morgan fingerprint density at radius 3 is 1.33 bits per heavy atom. The number of aromatic nitrogens is 8. The quantitative estimate of drug-likeness (QED) is 0.0164. The van der Waals surface area contributed by atoms with Gasteiger partial charge in [-0.25, -0.2) is 46.6 Å². The van der Waals surface area contributed by atoms with Crippen molar-refractivity contribution < 1.29 is 36.3 Å². The van der Waals surface area contributed by atoms with E-state index in [1.165, 1.54) is 62.8 Å². The number of aromatic amines is 3. The lowest BCUT2D eigenvalue weighted by molar-refractivity contribution is -0.134. The maximum atomic E-state index is 12.5. The summed E-state index contributed by atoms with van der Waals surface area (Å²) in [7, 11) is -5.88. The number of nitrogens with one attached hydrogen (secondary N) is 4. The summed E-state index contributed by atoms with van der Waals surface area (Å²) in [5, 5.41) is 17.3. The number of nitrogen functional groups attached to an aromatic ring is 1. The van der Waals surface area contributed by atoms with Gasteiger partial charge in [-0.3, -0.25) is 24.6 Å². The van der Waals surface area contributed by atoms with Crippen molar-refractivity contribution >= 4 is 214 Å². The molecule has 0 aliphatic heterocycles. The van der Waals surface area contributed by atoms with Gasteiger partial charge in [-0.1, -0.05) is 105 Å². The van der Waals surface area contributed by atoms with E-state index >= 15 is 0 Å². The fraction of sp³-hybridized carbons (Fsp3) is 0.281. The minimum absolute atomic E-state index is 0. The summed E-state index contributed by atoms with van der Waals surface area (Å²) in [5.74, 6) is -1.29. The molecule has 0 aliphatic rings. The van der Waals surface area contributed by atoms with Gasteiger partial charge >= 0.3 is 5.97 Å². The van der Waals surface area contributed by atoms with Gasteiger partial charge in [0.1, 0.15) is 11.5 Å². The fourth-order valence-corrected chi connectivity index (χ4v) is 12.7. The van der Waals surface area contributed by atoms with Crippen molar-refractivity contribution in [3.8, 4) is 0 Å². The zero-order chi connectivity index (χ0) is 67.2. The van der Waals surface area contributed by atoms with E-state index in [1.54, 1.807) is 83.6 Å². The third-order valence-electron chi connectivity index (χ3n) is 10.8. The number of ether oxygens (including phenoxy) is 1. The van der Waals surface area contributed by atoms with Gasteiger partial charge in [0.05, 0.1) is 121 Å². The Bertz CT molecular complexity index is 4490. The molecule has 22 nitrogen and oxygen atoms in total. The normalized spacial score (nSPS) is 11.1. The molecule has 0 amide bonds. The standard InChI is InChI=1S/C12H12Cl2N2O2S.C12H13ClN2O3S.C12H13ClN2OS.C8H4ClIN2O.C8H7ClINO2.C2H4O2.CH4N2.2CH4/c1-12(2,3)19(17,18)10-4-7-9(5-8(10)13)15-6-16-11(7)14;1-12(2,3)19(17,18)10-4-7-9(5-8(10)13)14-6-15-11(7)16;1-12(2,3)17-10-4-7-9(5-8(10)13)14-6-15-11(7)16;9-5-2-7-4(1-6(5)10)8(13)12-3-11-7;1-13-8(12)4-2-6(10)5(9)3-7(4)11;1-2(3)4;2-1-3;;/h4-6H,1-3H3;4-6H,1-3H3,(H,14,15,16);4-6H,1-3H3,(H,14,15,16);1-3H,(H,11,12,13);2-3H,11H2,1H3;1H3,(H,3,4);1H,(H3,2,3);2*1H4. The van der Waals surface area contributed by atoms with Crippen molar-refractivity contribution in [1.29, 1.82) is 5.41 Å². The molecular weight excluding hydrogens is 1580 g/mol. The zero-order valence-corrected chi connectivity index (χ0v) is 59.6. The predicted molar refractivity (Wildman–Crippen MR) is 384 cm³/mol. The third-order valence-corrected chi connectivity index (χ3v) is 21.7. The van der Waals surface area contributed by atoms with Gasteiger partial charge in [0.15, 0.2) is 19.7 Å². The van der Waals surface area contributed by atoms with Gasteiger partial charge in [0.2, 0.25) is 0 Å². The molecule has 0 saturated carbocycles. The number of benzene rings is 5. The van der Waals surface area contributed by atoms with Gasteiger partial charge in [0, 0.05) is 34.8 Å². The highest BCUT2D eigenvalue weighted by Gasteiger charge is 2.34. The van der Waals surface area contributed by atoms with Crippen LogP contribution in [0.15, 0.2) is 115 Å². The molecule has 5 aromatic carbocycles. The topological polar surface area (TPSA) is 371 Å². The molecule has 90 heavy (non-hydrogen) atoms. The molecule has 0 bridgehead atoms. The van der Waals surface area contributed by atoms with Gasteiger partial charge in [-0.05, 0) is 147 Å². The van der Waals surface area contributed by atoms with Crippen LogP contribution < -0.4 is 28.1 Å². The number of fused-ring (bicyclic) bond motifs is 4. The van der Waals surface area contributed by atoms with Crippen molar-refractivity contribution in [1.82, 2.24) is 39.9 Å². The molecule has 9 N–H and O–H groups in total. The monoisotopic (exact) mass is 1640 g/mol. The SMILES string of the molecule is C.C.CC(=O)O.CC(C)(C)S(=O)(=O)c1cc2c(=O)[nH]cnc2cc1Cl.CC(C)(C)S(=O)(=O)c1cc2c(Cl)ncnc2cc1Cl.CC(C)(C)Sc1cc2c(=O)[nH]cnc2cc1Cl.COC(=O)c1cc(I)c(Cl)cc1N.N=CN.O=c1[nH]cnc2cc(Cl)c(I)cc12. The fourth-order valence-electron chi connectivity index (χ4n) is 6.56. The average Bonchev–Trinajstić information content (AvgIpc) is 0.973. The number of anilines is 1. The number of H-pyrrole nitrogens is 3. The van der Waals surface area contributed by atoms with Gasteiger partial charge in [-0.15, -0.1) is 11.8 Å². The number of rotatable bonds is 4. The Balaban J connectivity index is 0.000000548. The molecule has 0 saturated heterocycles. The molecule has 0 unspecified atom stereocenters. The first-order valence-electron chi connectivity index (χ1n) is 24.7. The first-order valence-corrected chi connectivity index (χ1v) is 32.9. The van der Waals surface area contributed by atoms with E-state index in [9.17, 15) is 36.0 Å². The number of hydrogen-bond donors (Lipinski definition) is 7. The molecule has 0 radical (unpaired) electrons. The second-order valence-electron chi connectivity index (χ2n) is 20.5. The number of carboxylic acid groups (broad SMARTS) is 1. The summed E-state index contributed by atoms with van der Waals surface area (Å²) in [5.41, 5.74) is 12.1. The van der Waals surface area contributed by atoms with Crippen LogP contribution in [0, 0.1) is 12.5 Å². The molecule has 0 aliphatic carbocycles. The number of carbonyl (C=O) groups is 2. The first-order chi connectivity index (χ1) is 40.5. The number of carboxylic acids is 1. The Labute approximate surface area is 581 Å². The molecule has 0 atom stereocenters. The number of carbonyl (C=O) groups excluding carboxylic acids is 1. The zero-order valence-electron chi connectivity index (χ0n) is 48.3. The van der Waals surface area contributed by atoms with E-state index < -0.39 is 46.7 Å². The highest BCUT2D eigenvalue weighted by atomic mass is 127. The van der Waals surface area contributed by atoms with Crippen LogP contribution in [0.5, 0.6) is 0 Å². The Morgan fingerprint density at radius 2 is 0.933 bits per heavy atom. The molecule has 0 fully saturated rings. The van der Waals surface area contributed by atoms with Crippen LogP contribution in [-0.2, 0) is 29.2 Å². The van der Waals surface area contributed by atoms with E-state index in [1.807, 2.05) is 22.6 Å². The van der Waals surface area contributed by atoms with Gasteiger partial charge < -0.3 is 36.3 Å². The molecule has 4 aromatic heterocycles. The van der Waals surface area contributed by atoms with Crippen LogP contribution >= 0.6 is 127 Å². The van der Waals surface area contributed by atoms with Crippen LogP contribution in [0.1, 0.15) is 94.4 Å². The first kappa shape index (κ1) is 82.5.